The lowest BCUT2D eigenvalue weighted by Crippen LogP contribution is -2.25. The summed E-state index contributed by atoms with van der Waals surface area (Å²) in [5.74, 6) is 0. The minimum Gasteiger partial charge on any atom is -0.334 e. The van der Waals surface area contributed by atoms with Crippen LogP contribution in [0.15, 0.2) is 99.4 Å². The van der Waals surface area contributed by atoms with E-state index < -0.39 is 31.1 Å². The average molecular weight is 682 g/mol. The summed E-state index contributed by atoms with van der Waals surface area (Å²) in [6.07, 6.45) is 5.92. The molecule has 0 saturated heterocycles. The van der Waals surface area contributed by atoms with Crippen LogP contribution in [0.3, 0.4) is 0 Å². The highest BCUT2D eigenvalue weighted by Crippen LogP contribution is 2.52. The Morgan fingerprint density at radius 1 is 0.767 bits per heavy atom. The molecule has 43 heavy (non-hydrogen) atoms. The van der Waals surface area contributed by atoms with Crippen LogP contribution in [0.1, 0.15) is 38.8 Å². The molecule has 0 amide bonds. The molecule has 4 aromatic rings. The number of fused-ring (bicyclic) bond motifs is 6. The van der Waals surface area contributed by atoms with Crippen LogP contribution >= 0.6 is 15.9 Å². The van der Waals surface area contributed by atoms with E-state index in [0.29, 0.717) is 16.2 Å². The molecular formula is C32H29BrN2O6S2. The van der Waals surface area contributed by atoms with Crippen molar-refractivity contribution < 1.29 is 25.9 Å². The fraction of sp³-hybridized carbons (Fsp3) is 0.219. The zero-order valence-electron chi connectivity index (χ0n) is 23.8. The summed E-state index contributed by atoms with van der Waals surface area (Å²) in [4.78, 5) is 6.75. The molecule has 0 aliphatic carbocycles. The Labute approximate surface area is 259 Å². The molecule has 222 valence electrons. The molecule has 0 bridgehead atoms. The van der Waals surface area contributed by atoms with E-state index in [0.717, 1.165) is 44.7 Å². The van der Waals surface area contributed by atoms with Gasteiger partial charge >= 0.3 is 0 Å². The van der Waals surface area contributed by atoms with E-state index in [4.69, 9.17) is 4.99 Å². The molecule has 11 heteroatoms. The molecule has 2 aliphatic heterocycles. The van der Waals surface area contributed by atoms with E-state index in [9.17, 15) is 25.9 Å². The van der Waals surface area contributed by atoms with Crippen molar-refractivity contribution in [3.05, 3.63) is 95.7 Å². The number of hydrogen-bond donors (Lipinski definition) is 2. The van der Waals surface area contributed by atoms with Crippen LogP contribution in [-0.2, 0) is 31.1 Å². The maximum atomic E-state index is 12.1. The molecule has 0 unspecified atom stereocenters. The fourth-order valence-corrected chi connectivity index (χ4v) is 8.57. The summed E-state index contributed by atoms with van der Waals surface area (Å²) in [7, 11) is -8.80. The van der Waals surface area contributed by atoms with Gasteiger partial charge in [-0.2, -0.15) is 16.8 Å². The summed E-state index contributed by atoms with van der Waals surface area (Å²) in [5, 5.41) is 2.38. The third-order valence-electron chi connectivity index (χ3n) is 8.54. The topological polar surface area (TPSA) is 124 Å². The van der Waals surface area contributed by atoms with Crippen molar-refractivity contribution in [3.63, 3.8) is 0 Å². The van der Waals surface area contributed by atoms with Crippen molar-refractivity contribution in [3.8, 4) is 0 Å². The highest BCUT2D eigenvalue weighted by atomic mass is 79.9. The Kier molecular flexibility index (Phi) is 6.79. The summed E-state index contributed by atoms with van der Waals surface area (Å²) in [6.45, 7) is 8.24. The SMILES string of the molecule is CC1(C)C(/C=C/C=C2\N(CBr)c3ccc4c(S(=O)(=O)O)cccc4c3C2(C)C)=Nc2ccc3c(S(=O)(=O)O)cccc3c21. The highest BCUT2D eigenvalue weighted by Gasteiger charge is 2.41. The molecular weight excluding hydrogens is 652 g/mol. The summed E-state index contributed by atoms with van der Waals surface area (Å²) < 4.78 is 67.8. The van der Waals surface area contributed by atoms with Gasteiger partial charge in [0.25, 0.3) is 20.2 Å². The number of aliphatic imine (C=N–C) groups is 1. The third-order valence-corrected chi connectivity index (χ3v) is 10.9. The molecule has 0 fully saturated rings. The Hall–Kier alpha value is -3.35. The second kappa shape index (κ2) is 9.83. The maximum Gasteiger partial charge on any atom is 0.295 e. The van der Waals surface area contributed by atoms with E-state index >= 15 is 0 Å². The van der Waals surface area contributed by atoms with E-state index in [1.165, 1.54) is 12.1 Å². The molecule has 2 N–H and O–H groups in total. The minimum absolute atomic E-state index is 0.122. The van der Waals surface area contributed by atoms with Crippen LogP contribution in [0.4, 0.5) is 11.4 Å². The first-order valence-electron chi connectivity index (χ1n) is 13.5. The second-order valence-electron chi connectivity index (χ2n) is 11.8. The van der Waals surface area contributed by atoms with Gasteiger partial charge < -0.3 is 4.90 Å². The van der Waals surface area contributed by atoms with E-state index in [1.807, 2.05) is 50.3 Å². The van der Waals surface area contributed by atoms with Gasteiger partial charge in [-0.3, -0.25) is 14.1 Å². The summed E-state index contributed by atoms with van der Waals surface area (Å²) in [5.41, 5.74) is 4.76. The number of halogens is 1. The van der Waals surface area contributed by atoms with E-state index in [1.54, 1.807) is 30.3 Å². The molecule has 0 radical (unpaired) electrons. The normalized spacial score (nSPS) is 18.5. The lowest BCUT2D eigenvalue weighted by Gasteiger charge is -2.25. The Balaban J connectivity index is 1.42. The largest absolute Gasteiger partial charge is 0.334 e. The van der Waals surface area contributed by atoms with Gasteiger partial charge in [-0.1, -0.05) is 86.1 Å². The van der Waals surface area contributed by atoms with Crippen LogP contribution < -0.4 is 4.90 Å². The highest BCUT2D eigenvalue weighted by molar-refractivity contribution is 9.09. The molecule has 0 spiro atoms. The predicted octanol–water partition coefficient (Wildman–Crippen LogP) is 7.44. The Morgan fingerprint density at radius 3 is 1.88 bits per heavy atom. The zero-order valence-corrected chi connectivity index (χ0v) is 27.0. The monoisotopic (exact) mass is 680 g/mol. The quantitative estimate of drug-likeness (QED) is 0.128. The molecule has 0 atom stereocenters. The number of nitrogens with zero attached hydrogens (tertiary/aromatic N) is 2. The molecule has 4 aromatic carbocycles. The molecule has 2 heterocycles. The number of rotatable bonds is 5. The van der Waals surface area contributed by atoms with Crippen LogP contribution in [0.25, 0.3) is 21.5 Å². The van der Waals surface area contributed by atoms with Gasteiger partial charge in [0.1, 0.15) is 9.79 Å². The number of alkyl halides is 1. The predicted molar refractivity (Wildman–Crippen MR) is 174 cm³/mol. The van der Waals surface area contributed by atoms with Gasteiger partial charge in [0.05, 0.1) is 16.9 Å². The van der Waals surface area contributed by atoms with E-state index in [2.05, 4.69) is 34.7 Å². The number of benzene rings is 4. The molecule has 0 aromatic heterocycles. The Bertz CT molecular complexity index is 2180. The smallest absolute Gasteiger partial charge is 0.295 e. The minimum atomic E-state index is -4.40. The van der Waals surface area contributed by atoms with Crippen molar-refractivity contribution >= 4 is 74.8 Å². The van der Waals surface area contributed by atoms with Crippen molar-refractivity contribution in [1.29, 1.82) is 0 Å². The van der Waals surface area contributed by atoms with Gasteiger partial charge in [-0.25, -0.2) is 0 Å². The van der Waals surface area contributed by atoms with Gasteiger partial charge in [0, 0.05) is 33.0 Å². The van der Waals surface area contributed by atoms with Gasteiger partial charge in [0.2, 0.25) is 0 Å². The fourth-order valence-electron chi connectivity index (χ4n) is 6.61. The second-order valence-corrected chi connectivity index (χ2v) is 15.1. The number of allylic oxidation sites excluding steroid dienone is 4. The van der Waals surface area contributed by atoms with Gasteiger partial charge in [-0.15, -0.1) is 0 Å². The molecule has 0 saturated carbocycles. The van der Waals surface area contributed by atoms with Crippen LogP contribution in [0.5, 0.6) is 0 Å². The number of anilines is 1. The van der Waals surface area contributed by atoms with Gasteiger partial charge in [0.15, 0.2) is 0 Å². The Morgan fingerprint density at radius 2 is 1.33 bits per heavy atom. The average Bonchev–Trinajstić information content (AvgIpc) is 3.32. The van der Waals surface area contributed by atoms with Gasteiger partial charge in [-0.05, 0) is 58.3 Å². The third kappa shape index (κ3) is 4.56. The number of hydrogen-bond acceptors (Lipinski definition) is 6. The van der Waals surface area contributed by atoms with Crippen molar-refractivity contribution in [1.82, 2.24) is 0 Å². The first-order valence-corrected chi connectivity index (χ1v) is 17.5. The summed E-state index contributed by atoms with van der Waals surface area (Å²) >= 11 is 3.63. The standard InChI is InChI=1S/C32H29BrN2O6S2/c1-31(2)27(34-23-16-14-19-21(29(23)31)8-5-10-25(19)42(36,37)38)12-7-13-28-32(3,4)30-22-9-6-11-26(43(39,40)41)20(22)15-17-24(30)35(28)18-33/h5-17H,18H2,1-4H3,(H,36,37,38)(H,39,40,41)/b12-7+,28-13-. The maximum absolute atomic E-state index is 12.1. The van der Waals surface area contributed by atoms with Crippen molar-refractivity contribution in [2.24, 2.45) is 4.99 Å². The molecule has 2 aliphatic rings. The van der Waals surface area contributed by atoms with Crippen LogP contribution in [-0.4, -0.2) is 37.1 Å². The van der Waals surface area contributed by atoms with Crippen molar-refractivity contribution in [2.75, 3.05) is 10.4 Å². The first kappa shape index (κ1) is 29.7. The lowest BCUT2D eigenvalue weighted by molar-refractivity contribution is 0.482. The first-order chi connectivity index (χ1) is 20.1. The van der Waals surface area contributed by atoms with Crippen LogP contribution in [0, 0.1) is 0 Å². The van der Waals surface area contributed by atoms with E-state index in [-0.39, 0.29) is 9.79 Å². The van der Waals surface area contributed by atoms with Crippen molar-refractivity contribution in [2.45, 2.75) is 48.3 Å². The molecule has 8 nitrogen and oxygen atoms in total. The lowest BCUT2D eigenvalue weighted by atomic mass is 9.79. The van der Waals surface area contributed by atoms with Crippen LogP contribution in [0.2, 0.25) is 0 Å². The molecule has 6 rings (SSSR count). The zero-order chi connectivity index (χ0) is 31.1. The summed E-state index contributed by atoms with van der Waals surface area (Å²) in [6, 6.07) is 16.8.